The van der Waals surface area contributed by atoms with Crippen molar-refractivity contribution in [2.45, 2.75) is 58.0 Å². The third kappa shape index (κ3) is 3.82. The van der Waals surface area contributed by atoms with Gasteiger partial charge in [0.05, 0.1) is 0 Å². The number of hydrogen-bond acceptors (Lipinski definition) is 4. The number of aromatic amines is 1. The molecule has 0 spiro atoms. The first-order valence-corrected chi connectivity index (χ1v) is 8.47. The number of carboxylic acid groups (broad SMARTS) is 1. The van der Waals surface area contributed by atoms with E-state index in [9.17, 15) is 18.3 Å². The zero-order chi connectivity index (χ0) is 16.2. The minimum Gasteiger partial charge on any atom is -0.478 e. The smallest absolute Gasteiger partial charge is 0.340 e. The lowest BCUT2D eigenvalue weighted by Crippen LogP contribution is -2.38. The number of rotatable bonds is 8. The summed E-state index contributed by atoms with van der Waals surface area (Å²) in [6.45, 7) is 7.42. The van der Waals surface area contributed by atoms with Crippen LogP contribution in [0.15, 0.2) is 5.03 Å². The summed E-state index contributed by atoms with van der Waals surface area (Å²) in [5, 5.41) is 14.9. The maximum atomic E-state index is 12.7. The second-order valence-electron chi connectivity index (χ2n) is 5.25. The molecule has 0 radical (unpaired) electrons. The van der Waals surface area contributed by atoms with E-state index in [2.05, 4.69) is 10.2 Å². The van der Waals surface area contributed by atoms with Crippen LogP contribution in [-0.4, -0.2) is 46.6 Å². The van der Waals surface area contributed by atoms with E-state index in [1.54, 1.807) is 13.8 Å². The minimum atomic E-state index is -3.93. The maximum absolute atomic E-state index is 12.7. The van der Waals surface area contributed by atoms with E-state index >= 15 is 0 Å². The molecule has 0 bridgehead atoms. The van der Waals surface area contributed by atoms with Gasteiger partial charge in [-0.25, -0.2) is 13.2 Å². The topological polar surface area (TPSA) is 103 Å². The first-order valence-electron chi connectivity index (χ1n) is 7.03. The van der Waals surface area contributed by atoms with Gasteiger partial charge in [-0.3, -0.25) is 5.10 Å². The number of carboxylic acids is 1. The van der Waals surface area contributed by atoms with E-state index in [-0.39, 0.29) is 17.3 Å². The van der Waals surface area contributed by atoms with Gasteiger partial charge in [-0.1, -0.05) is 19.8 Å². The highest BCUT2D eigenvalue weighted by molar-refractivity contribution is 7.89. The van der Waals surface area contributed by atoms with E-state index in [1.807, 2.05) is 6.92 Å². The number of unbranched alkanes of at least 4 members (excludes halogenated alkanes) is 2. The SMILES string of the molecule is CCCCCN(C(C)C)S(=O)(=O)c1n[nH]c(C)c1C(=O)O. The van der Waals surface area contributed by atoms with Gasteiger partial charge in [-0.15, -0.1) is 0 Å². The number of H-pyrrole nitrogens is 1. The molecular weight excluding hydrogens is 294 g/mol. The Labute approximate surface area is 125 Å². The second kappa shape index (κ2) is 7.04. The number of aromatic nitrogens is 2. The Balaban J connectivity index is 3.21. The Bertz CT molecular complexity index is 593. The summed E-state index contributed by atoms with van der Waals surface area (Å²) in [5.74, 6) is -1.29. The molecule has 0 amide bonds. The molecule has 8 heteroatoms. The van der Waals surface area contributed by atoms with Gasteiger partial charge in [0.2, 0.25) is 5.03 Å². The van der Waals surface area contributed by atoms with Crippen LogP contribution < -0.4 is 0 Å². The fourth-order valence-corrected chi connectivity index (χ4v) is 3.94. The molecule has 0 aliphatic heterocycles. The molecule has 1 aromatic rings. The van der Waals surface area contributed by atoms with Crippen molar-refractivity contribution in [3.05, 3.63) is 11.3 Å². The molecule has 0 aromatic carbocycles. The molecule has 0 aliphatic carbocycles. The lowest BCUT2D eigenvalue weighted by atomic mass is 10.2. The molecule has 1 heterocycles. The van der Waals surface area contributed by atoms with Crippen molar-refractivity contribution in [2.75, 3.05) is 6.54 Å². The van der Waals surface area contributed by atoms with Crippen LogP contribution in [0.25, 0.3) is 0 Å². The van der Waals surface area contributed by atoms with Crippen LogP contribution in [0.5, 0.6) is 0 Å². The molecule has 0 aliphatic rings. The van der Waals surface area contributed by atoms with Crippen molar-refractivity contribution in [1.29, 1.82) is 0 Å². The highest BCUT2D eigenvalue weighted by Gasteiger charge is 2.34. The van der Waals surface area contributed by atoms with Crippen molar-refractivity contribution in [3.63, 3.8) is 0 Å². The number of nitrogens with one attached hydrogen (secondary N) is 1. The first kappa shape index (κ1) is 17.6. The summed E-state index contributed by atoms with van der Waals surface area (Å²) >= 11 is 0. The Hall–Kier alpha value is -1.41. The average Bonchev–Trinajstić information content (AvgIpc) is 2.76. The van der Waals surface area contributed by atoms with Crippen LogP contribution >= 0.6 is 0 Å². The third-order valence-electron chi connectivity index (χ3n) is 3.24. The van der Waals surface area contributed by atoms with Crippen LogP contribution in [-0.2, 0) is 10.0 Å². The van der Waals surface area contributed by atoms with Crippen molar-refractivity contribution < 1.29 is 18.3 Å². The molecule has 1 aromatic heterocycles. The first-order chi connectivity index (χ1) is 9.73. The lowest BCUT2D eigenvalue weighted by molar-refractivity contribution is 0.0691. The number of nitrogens with zero attached hydrogens (tertiary/aromatic N) is 2. The molecular formula is C13H23N3O4S. The number of hydrogen-bond donors (Lipinski definition) is 2. The van der Waals surface area contributed by atoms with Crippen molar-refractivity contribution >= 4 is 16.0 Å². The van der Waals surface area contributed by atoms with E-state index < -0.39 is 21.0 Å². The molecule has 1 rings (SSSR count). The minimum absolute atomic E-state index is 0.235. The maximum Gasteiger partial charge on any atom is 0.340 e. The molecule has 0 atom stereocenters. The van der Waals surface area contributed by atoms with E-state index in [0.717, 1.165) is 19.3 Å². The van der Waals surface area contributed by atoms with Crippen LogP contribution in [0.3, 0.4) is 0 Å². The van der Waals surface area contributed by atoms with Crippen LogP contribution in [0.1, 0.15) is 56.1 Å². The number of aromatic carboxylic acids is 1. The highest BCUT2D eigenvalue weighted by atomic mass is 32.2. The molecule has 120 valence electrons. The van der Waals surface area contributed by atoms with Gasteiger partial charge in [-0.05, 0) is 27.2 Å². The van der Waals surface area contributed by atoms with Crippen molar-refractivity contribution in [3.8, 4) is 0 Å². The Morgan fingerprint density at radius 1 is 1.38 bits per heavy atom. The van der Waals surface area contributed by atoms with Gasteiger partial charge in [0.1, 0.15) is 5.56 Å². The summed E-state index contributed by atoms with van der Waals surface area (Å²) < 4.78 is 26.7. The Kier molecular flexibility index (Phi) is 5.91. The molecule has 7 nitrogen and oxygen atoms in total. The van der Waals surface area contributed by atoms with E-state index in [1.165, 1.54) is 11.2 Å². The predicted octanol–water partition coefficient (Wildman–Crippen LogP) is 2.01. The van der Waals surface area contributed by atoms with Crippen molar-refractivity contribution in [1.82, 2.24) is 14.5 Å². The number of sulfonamides is 1. The monoisotopic (exact) mass is 317 g/mol. The summed E-state index contributed by atoms with van der Waals surface area (Å²) in [7, 11) is -3.93. The summed E-state index contributed by atoms with van der Waals surface area (Å²) in [5.41, 5.74) is -0.0468. The molecule has 2 N–H and O–H groups in total. The van der Waals surface area contributed by atoms with E-state index in [0.29, 0.717) is 6.54 Å². The standard InChI is InChI=1S/C13H23N3O4S/c1-5-6-7-8-16(9(2)3)21(19,20)12-11(13(17)18)10(4)14-15-12/h9H,5-8H2,1-4H3,(H,14,15)(H,17,18). The molecule has 21 heavy (non-hydrogen) atoms. The Morgan fingerprint density at radius 3 is 2.48 bits per heavy atom. The van der Waals surface area contributed by atoms with Crippen molar-refractivity contribution in [2.24, 2.45) is 0 Å². The van der Waals surface area contributed by atoms with Crippen LogP contribution in [0.2, 0.25) is 0 Å². The average molecular weight is 317 g/mol. The largest absolute Gasteiger partial charge is 0.478 e. The van der Waals surface area contributed by atoms with Gasteiger partial charge in [0.25, 0.3) is 10.0 Å². The normalized spacial score (nSPS) is 12.3. The zero-order valence-corrected chi connectivity index (χ0v) is 13.7. The van der Waals surface area contributed by atoms with Gasteiger partial charge in [0, 0.05) is 18.3 Å². The number of carbonyl (C=O) groups is 1. The summed E-state index contributed by atoms with van der Waals surface area (Å²) in [6.07, 6.45) is 2.64. The quantitative estimate of drug-likeness (QED) is 0.714. The third-order valence-corrected chi connectivity index (χ3v) is 5.24. The summed E-state index contributed by atoms with van der Waals surface area (Å²) in [6, 6.07) is -0.259. The summed E-state index contributed by atoms with van der Waals surface area (Å²) in [4.78, 5) is 11.3. The van der Waals surface area contributed by atoms with Gasteiger partial charge in [-0.2, -0.15) is 9.40 Å². The highest BCUT2D eigenvalue weighted by Crippen LogP contribution is 2.22. The van der Waals surface area contributed by atoms with Gasteiger partial charge < -0.3 is 5.11 Å². The molecule has 0 saturated heterocycles. The van der Waals surface area contributed by atoms with Gasteiger partial charge in [0.15, 0.2) is 0 Å². The van der Waals surface area contributed by atoms with Gasteiger partial charge >= 0.3 is 5.97 Å². The fourth-order valence-electron chi connectivity index (χ4n) is 2.13. The fraction of sp³-hybridized carbons (Fsp3) is 0.692. The second-order valence-corrected chi connectivity index (χ2v) is 7.06. The molecule has 0 fully saturated rings. The molecule has 0 unspecified atom stereocenters. The Morgan fingerprint density at radius 2 is 2.00 bits per heavy atom. The number of aryl methyl sites for hydroxylation is 1. The zero-order valence-electron chi connectivity index (χ0n) is 12.9. The lowest BCUT2D eigenvalue weighted by Gasteiger charge is -2.25. The molecule has 0 saturated carbocycles. The van der Waals surface area contributed by atoms with Crippen LogP contribution in [0.4, 0.5) is 0 Å². The van der Waals surface area contributed by atoms with E-state index in [4.69, 9.17) is 0 Å². The predicted molar refractivity (Wildman–Crippen MR) is 78.8 cm³/mol. The van der Waals surface area contributed by atoms with Crippen LogP contribution in [0, 0.1) is 6.92 Å².